The summed E-state index contributed by atoms with van der Waals surface area (Å²) in [4.78, 5) is 12.1. The number of aromatic nitrogens is 7. The average Bonchev–Trinajstić information content (AvgIpc) is 2.98. The molecule has 18 heavy (non-hydrogen) atoms. The first-order valence-electron chi connectivity index (χ1n) is 5.22. The molecule has 0 aliphatic rings. The van der Waals surface area contributed by atoms with Crippen LogP contribution < -0.4 is 5.32 Å². The summed E-state index contributed by atoms with van der Waals surface area (Å²) in [7, 11) is 0. The third-order valence-corrected chi connectivity index (χ3v) is 2.62. The van der Waals surface area contributed by atoms with Gasteiger partial charge in [-0.25, -0.2) is 4.98 Å². The van der Waals surface area contributed by atoms with Crippen LogP contribution >= 0.6 is 11.6 Å². The summed E-state index contributed by atoms with van der Waals surface area (Å²) >= 11 is 5.92. The quantitative estimate of drug-likeness (QED) is 0.687. The molecule has 9 heteroatoms. The molecule has 0 amide bonds. The zero-order valence-corrected chi connectivity index (χ0v) is 10.1. The van der Waals surface area contributed by atoms with Crippen molar-refractivity contribution in [2.45, 2.75) is 13.0 Å². The topological polar surface area (TPSA) is 96.7 Å². The molecule has 0 aliphatic carbocycles. The summed E-state index contributed by atoms with van der Waals surface area (Å²) in [5, 5.41) is 14.2. The van der Waals surface area contributed by atoms with E-state index in [1.54, 1.807) is 10.6 Å². The van der Waals surface area contributed by atoms with Crippen LogP contribution in [-0.4, -0.2) is 34.8 Å². The lowest BCUT2D eigenvalue weighted by atomic mass is 10.3. The summed E-state index contributed by atoms with van der Waals surface area (Å²) < 4.78 is 1.57. The predicted octanol–water partition coefficient (Wildman–Crippen LogP) is 1.07. The monoisotopic (exact) mass is 264 g/mol. The molecule has 8 nitrogen and oxygen atoms in total. The normalized spacial score (nSPS) is 12.8. The minimum absolute atomic E-state index is 0.0710. The van der Waals surface area contributed by atoms with Crippen LogP contribution in [0.4, 0.5) is 5.82 Å². The highest BCUT2D eigenvalue weighted by Gasteiger charge is 2.12. The number of H-pyrrole nitrogens is 1. The van der Waals surface area contributed by atoms with E-state index >= 15 is 0 Å². The average molecular weight is 265 g/mol. The van der Waals surface area contributed by atoms with Gasteiger partial charge in [-0.3, -0.25) is 5.10 Å². The molecule has 0 radical (unpaired) electrons. The standard InChI is InChI=1S/C9H9ClN8/c1-5(8-11-3-13-17-8)15-7-2-6(10)16-9-12-4-14-18(7)9/h2-5,15H,1H3,(H,11,13,17). The van der Waals surface area contributed by atoms with E-state index in [0.29, 0.717) is 16.7 Å². The third kappa shape index (κ3) is 1.86. The molecule has 0 fully saturated rings. The number of aromatic amines is 1. The molecule has 2 N–H and O–H groups in total. The van der Waals surface area contributed by atoms with Gasteiger partial charge in [-0.05, 0) is 6.92 Å². The lowest BCUT2D eigenvalue weighted by molar-refractivity contribution is 0.777. The van der Waals surface area contributed by atoms with Gasteiger partial charge in [0.15, 0.2) is 0 Å². The van der Waals surface area contributed by atoms with Crippen molar-refractivity contribution >= 4 is 23.2 Å². The molecule has 1 unspecified atom stereocenters. The number of halogens is 1. The maximum atomic E-state index is 5.92. The van der Waals surface area contributed by atoms with Crippen molar-refractivity contribution in [1.29, 1.82) is 0 Å². The largest absolute Gasteiger partial charge is 0.360 e. The second kappa shape index (κ2) is 4.22. The van der Waals surface area contributed by atoms with Crippen molar-refractivity contribution in [3.8, 4) is 0 Å². The van der Waals surface area contributed by atoms with Crippen molar-refractivity contribution in [1.82, 2.24) is 34.8 Å². The minimum Gasteiger partial charge on any atom is -0.360 e. The molecular formula is C9H9ClN8. The SMILES string of the molecule is CC(Nc1cc(Cl)nc2ncnn12)c1ncn[nH]1. The van der Waals surface area contributed by atoms with Gasteiger partial charge in [-0.15, -0.1) is 0 Å². The summed E-state index contributed by atoms with van der Waals surface area (Å²) in [6.45, 7) is 1.94. The van der Waals surface area contributed by atoms with Crippen molar-refractivity contribution in [2.75, 3.05) is 5.32 Å². The summed E-state index contributed by atoms with van der Waals surface area (Å²) in [6.07, 6.45) is 2.88. The van der Waals surface area contributed by atoms with E-state index in [0.717, 1.165) is 5.82 Å². The molecule has 3 rings (SSSR count). The van der Waals surface area contributed by atoms with E-state index in [2.05, 4.69) is 35.6 Å². The van der Waals surface area contributed by atoms with Gasteiger partial charge in [0.1, 0.15) is 29.5 Å². The molecule has 0 spiro atoms. The number of rotatable bonds is 3. The van der Waals surface area contributed by atoms with Crippen molar-refractivity contribution in [2.24, 2.45) is 0 Å². The number of nitrogens with zero attached hydrogens (tertiary/aromatic N) is 6. The van der Waals surface area contributed by atoms with Gasteiger partial charge in [0.25, 0.3) is 5.78 Å². The number of anilines is 1. The number of hydrogen-bond acceptors (Lipinski definition) is 6. The lowest BCUT2D eigenvalue weighted by Crippen LogP contribution is -2.12. The van der Waals surface area contributed by atoms with Crippen LogP contribution in [0.1, 0.15) is 18.8 Å². The van der Waals surface area contributed by atoms with Crippen molar-refractivity contribution in [3.63, 3.8) is 0 Å². The van der Waals surface area contributed by atoms with Gasteiger partial charge in [0.2, 0.25) is 0 Å². The number of hydrogen-bond donors (Lipinski definition) is 2. The van der Waals surface area contributed by atoms with Crippen LogP contribution in [0.15, 0.2) is 18.7 Å². The Kier molecular flexibility index (Phi) is 2.56. The van der Waals surface area contributed by atoms with Crippen molar-refractivity contribution in [3.05, 3.63) is 29.7 Å². The molecule has 0 aliphatic heterocycles. The molecule has 3 aromatic rings. The first kappa shape index (κ1) is 10.9. The first-order chi connectivity index (χ1) is 8.74. The fourth-order valence-electron chi connectivity index (χ4n) is 1.60. The van der Waals surface area contributed by atoms with Gasteiger partial charge >= 0.3 is 0 Å². The van der Waals surface area contributed by atoms with Crippen LogP contribution in [0.2, 0.25) is 5.15 Å². The van der Waals surface area contributed by atoms with E-state index in [9.17, 15) is 0 Å². The molecule has 0 saturated heterocycles. The van der Waals surface area contributed by atoms with E-state index < -0.39 is 0 Å². The molecule has 0 bridgehead atoms. The molecule has 0 aromatic carbocycles. The Morgan fingerprint density at radius 2 is 2.28 bits per heavy atom. The van der Waals surface area contributed by atoms with Gasteiger partial charge < -0.3 is 5.32 Å². The summed E-state index contributed by atoms with van der Waals surface area (Å²) in [5.41, 5.74) is 0. The van der Waals surface area contributed by atoms with Gasteiger partial charge in [-0.1, -0.05) is 11.6 Å². The zero-order chi connectivity index (χ0) is 12.5. The van der Waals surface area contributed by atoms with Crippen LogP contribution in [0.25, 0.3) is 5.78 Å². The Morgan fingerprint density at radius 3 is 3.06 bits per heavy atom. The molecule has 3 heterocycles. The highest BCUT2D eigenvalue weighted by molar-refractivity contribution is 6.29. The molecule has 1 atom stereocenters. The van der Waals surface area contributed by atoms with Crippen LogP contribution in [-0.2, 0) is 0 Å². The fraction of sp³-hybridized carbons (Fsp3) is 0.222. The molecular weight excluding hydrogens is 256 g/mol. The number of fused-ring (bicyclic) bond motifs is 1. The van der Waals surface area contributed by atoms with Crippen LogP contribution in [0.5, 0.6) is 0 Å². The molecule has 0 saturated carbocycles. The van der Waals surface area contributed by atoms with E-state index in [-0.39, 0.29) is 6.04 Å². The van der Waals surface area contributed by atoms with Gasteiger partial charge in [-0.2, -0.15) is 24.7 Å². The van der Waals surface area contributed by atoms with Crippen LogP contribution in [0.3, 0.4) is 0 Å². The maximum absolute atomic E-state index is 5.92. The Hall–Kier alpha value is -2.22. The Bertz CT molecular complexity index is 660. The third-order valence-electron chi connectivity index (χ3n) is 2.43. The predicted molar refractivity (Wildman–Crippen MR) is 64.2 cm³/mol. The second-order valence-corrected chi connectivity index (χ2v) is 4.06. The highest BCUT2D eigenvalue weighted by Crippen LogP contribution is 2.19. The van der Waals surface area contributed by atoms with E-state index in [4.69, 9.17) is 11.6 Å². The van der Waals surface area contributed by atoms with Crippen LogP contribution in [0, 0.1) is 0 Å². The first-order valence-corrected chi connectivity index (χ1v) is 5.60. The number of nitrogens with one attached hydrogen (secondary N) is 2. The van der Waals surface area contributed by atoms with E-state index in [1.807, 2.05) is 6.92 Å². The Morgan fingerprint density at radius 1 is 1.39 bits per heavy atom. The van der Waals surface area contributed by atoms with Gasteiger partial charge in [0, 0.05) is 6.07 Å². The second-order valence-electron chi connectivity index (χ2n) is 3.67. The Balaban J connectivity index is 1.97. The van der Waals surface area contributed by atoms with Crippen molar-refractivity contribution < 1.29 is 0 Å². The minimum atomic E-state index is -0.0710. The Labute approximate surface area is 106 Å². The summed E-state index contributed by atoms with van der Waals surface area (Å²) in [6, 6.07) is 1.61. The smallest absolute Gasteiger partial charge is 0.255 e. The molecule has 92 valence electrons. The maximum Gasteiger partial charge on any atom is 0.255 e. The fourth-order valence-corrected chi connectivity index (χ4v) is 1.78. The summed E-state index contributed by atoms with van der Waals surface area (Å²) in [5.74, 6) is 1.84. The van der Waals surface area contributed by atoms with E-state index in [1.165, 1.54) is 12.7 Å². The highest BCUT2D eigenvalue weighted by atomic mass is 35.5. The lowest BCUT2D eigenvalue weighted by Gasteiger charge is -2.13. The zero-order valence-electron chi connectivity index (χ0n) is 9.37. The molecule has 3 aromatic heterocycles. The van der Waals surface area contributed by atoms with Gasteiger partial charge in [0.05, 0.1) is 6.04 Å².